The van der Waals surface area contributed by atoms with Crippen LogP contribution in [0.15, 0.2) is 11.1 Å². The SMILES string of the molecule is CC(C(=O)O)=C(C)C(=O)NC(=O)NCCOC(N)=O. The minimum atomic E-state index is -1.25. The van der Waals surface area contributed by atoms with Crippen molar-refractivity contribution in [1.82, 2.24) is 10.6 Å². The summed E-state index contributed by atoms with van der Waals surface area (Å²) in [7, 11) is 0. The number of aliphatic carboxylic acids is 1. The quantitative estimate of drug-likeness (QED) is 0.385. The molecular weight excluding hydrogens is 258 g/mol. The fraction of sp³-hybridized carbons (Fsp3) is 0.400. The van der Waals surface area contributed by atoms with E-state index in [1.54, 1.807) is 0 Å². The van der Waals surface area contributed by atoms with Gasteiger partial charge < -0.3 is 20.9 Å². The van der Waals surface area contributed by atoms with E-state index in [9.17, 15) is 19.2 Å². The first-order valence-corrected chi connectivity index (χ1v) is 5.18. The van der Waals surface area contributed by atoms with Gasteiger partial charge in [0.25, 0.3) is 5.91 Å². The lowest BCUT2D eigenvalue weighted by molar-refractivity contribution is -0.133. The van der Waals surface area contributed by atoms with Crippen molar-refractivity contribution in [3.63, 3.8) is 0 Å². The number of nitrogens with one attached hydrogen (secondary N) is 2. The first-order chi connectivity index (χ1) is 8.75. The first kappa shape index (κ1) is 16.4. The number of carboxylic acids is 1. The van der Waals surface area contributed by atoms with E-state index in [1.807, 2.05) is 5.32 Å². The summed E-state index contributed by atoms with van der Waals surface area (Å²) >= 11 is 0. The molecule has 0 fully saturated rings. The summed E-state index contributed by atoms with van der Waals surface area (Å²) in [4.78, 5) is 43.5. The van der Waals surface area contributed by atoms with Crippen molar-refractivity contribution in [2.75, 3.05) is 13.2 Å². The Hall–Kier alpha value is -2.58. The Bertz CT molecular complexity index is 429. The minimum Gasteiger partial charge on any atom is -0.478 e. The average molecular weight is 273 g/mol. The maximum Gasteiger partial charge on any atom is 0.404 e. The standard InChI is InChI=1S/C10H15N3O6/c1-5(6(2)8(15)16)7(14)13-10(18)12-3-4-19-9(11)17/h3-4H2,1-2H3,(H2,11,17)(H,15,16)(H2,12,13,14,18). The summed E-state index contributed by atoms with van der Waals surface area (Å²) in [6, 6.07) is -0.837. The van der Waals surface area contributed by atoms with Gasteiger partial charge in [0, 0.05) is 11.1 Å². The number of imide groups is 1. The third-order valence-corrected chi connectivity index (χ3v) is 2.08. The lowest BCUT2D eigenvalue weighted by atomic mass is 10.1. The summed E-state index contributed by atoms with van der Waals surface area (Å²) in [6.45, 7) is 2.35. The Morgan fingerprint density at radius 3 is 2.21 bits per heavy atom. The Morgan fingerprint density at radius 2 is 1.74 bits per heavy atom. The van der Waals surface area contributed by atoms with Gasteiger partial charge in [0.05, 0.1) is 6.54 Å². The lowest BCUT2D eigenvalue weighted by Crippen LogP contribution is -2.41. The number of rotatable bonds is 5. The van der Waals surface area contributed by atoms with Gasteiger partial charge in [0.15, 0.2) is 0 Å². The number of carbonyl (C=O) groups is 4. The van der Waals surface area contributed by atoms with Gasteiger partial charge in [-0.25, -0.2) is 14.4 Å². The average Bonchev–Trinajstić information content (AvgIpc) is 2.32. The van der Waals surface area contributed by atoms with Gasteiger partial charge >= 0.3 is 18.1 Å². The summed E-state index contributed by atoms with van der Waals surface area (Å²) < 4.78 is 4.34. The van der Waals surface area contributed by atoms with Crippen LogP contribution in [0.3, 0.4) is 0 Å². The molecule has 0 spiro atoms. The predicted octanol–water partition coefficient (Wildman–Crippen LogP) is -0.671. The van der Waals surface area contributed by atoms with Crippen LogP contribution in [0.25, 0.3) is 0 Å². The summed E-state index contributed by atoms with van der Waals surface area (Å²) in [6.07, 6.45) is -0.978. The molecule has 0 saturated carbocycles. The number of hydrogen-bond donors (Lipinski definition) is 4. The molecule has 9 nitrogen and oxygen atoms in total. The van der Waals surface area contributed by atoms with Crippen molar-refractivity contribution in [2.24, 2.45) is 5.73 Å². The van der Waals surface area contributed by atoms with Crippen LogP contribution in [0.5, 0.6) is 0 Å². The van der Waals surface area contributed by atoms with E-state index in [4.69, 9.17) is 5.11 Å². The zero-order chi connectivity index (χ0) is 15.0. The van der Waals surface area contributed by atoms with Gasteiger partial charge in [-0.05, 0) is 13.8 Å². The molecule has 19 heavy (non-hydrogen) atoms. The second-order valence-electron chi connectivity index (χ2n) is 3.43. The molecule has 0 aliphatic carbocycles. The molecule has 0 rings (SSSR count). The molecule has 0 heterocycles. The number of carbonyl (C=O) groups excluding carboxylic acids is 3. The smallest absolute Gasteiger partial charge is 0.404 e. The Kier molecular flexibility index (Phi) is 6.65. The summed E-state index contributed by atoms with van der Waals surface area (Å²) in [5.74, 6) is -2.07. The van der Waals surface area contributed by atoms with E-state index in [0.29, 0.717) is 0 Å². The number of amides is 4. The van der Waals surface area contributed by atoms with Gasteiger partial charge in [-0.1, -0.05) is 0 Å². The highest BCUT2D eigenvalue weighted by molar-refractivity contribution is 6.07. The Morgan fingerprint density at radius 1 is 1.16 bits per heavy atom. The Labute approximate surface area is 108 Å². The predicted molar refractivity (Wildman–Crippen MR) is 63.1 cm³/mol. The third-order valence-electron chi connectivity index (χ3n) is 2.08. The topological polar surface area (TPSA) is 148 Å². The molecule has 0 bridgehead atoms. The van der Waals surface area contributed by atoms with Crippen molar-refractivity contribution < 1.29 is 29.0 Å². The monoisotopic (exact) mass is 273 g/mol. The number of nitrogens with two attached hydrogens (primary N) is 1. The van der Waals surface area contributed by atoms with Crippen molar-refractivity contribution >= 4 is 24.0 Å². The van der Waals surface area contributed by atoms with Gasteiger partial charge in [-0.2, -0.15) is 0 Å². The van der Waals surface area contributed by atoms with Gasteiger partial charge in [-0.3, -0.25) is 10.1 Å². The van der Waals surface area contributed by atoms with Crippen LogP contribution >= 0.6 is 0 Å². The van der Waals surface area contributed by atoms with Crippen molar-refractivity contribution in [1.29, 1.82) is 0 Å². The molecule has 9 heteroatoms. The maximum absolute atomic E-state index is 11.4. The first-order valence-electron chi connectivity index (χ1n) is 5.18. The maximum atomic E-state index is 11.4. The van der Waals surface area contributed by atoms with E-state index in [2.05, 4.69) is 15.8 Å². The summed E-state index contributed by atoms with van der Waals surface area (Å²) in [5, 5.41) is 12.8. The van der Waals surface area contributed by atoms with Crippen molar-refractivity contribution in [2.45, 2.75) is 13.8 Å². The van der Waals surface area contributed by atoms with E-state index in [-0.39, 0.29) is 24.3 Å². The second kappa shape index (κ2) is 7.69. The molecule has 106 valence electrons. The van der Waals surface area contributed by atoms with Crippen LogP contribution < -0.4 is 16.4 Å². The molecular formula is C10H15N3O6. The zero-order valence-corrected chi connectivity index (χ0v) is 10.5. The molecule has 0 aliphatic heterocycles. The molecule has 4 amide bonds. The molecule has 0 aromatic heterocycles. The Balaban J connectivity index is 4.20. The molecule has 0 radical (unpaired) electrons. The molecule has 0 unspecified atom stereocenters. The number of urea groups is 1. The van der Waals surface area contributed by atoms with Gasteiger partial charge in [-0.15, -0.1) is 0 Å². The number of primary amides is 1. The number of hydrogen-bond acceptors (Lipinski definition) is 5. The molecule has 0 aliphatic rings. The fourth-order valence-corrected chi connectivity index (χ4v) is 0.888. The largest absolute Gasteiger partial charge is 0.478 e. The number of carboxylic acid groups (broad SMARTS) is 1. The van der Waals surface area contributed by atoms with Gasteiger partial charge in [0.2, 0.25) is 0 Å². The summed E-state index contributed by atoms with van der Waals surface area (Å²) in [5.41, 5.74) is 4.43. The molecule has 0 atom stereocenters. The van der Waals surface area contributed by atoms with Crippen LogP contribution in [0.2, 0.25) is 0 Å². The second-order valence-corrected chi connectivity index (χ2v) is 3.43. The fourth-order valence-electron chi connectivity index (χ4n) is 0.888. The molecule has 0 saturated heterocycles. The van der Waals surface area contributed by atoms with Gasteiger partial charge in [0.1, 0.15) is 6.61 Å². The third kappa shape index (κ3) is 6.66. The van der Waals surface area contributed by atoms with Crippen LogP contribution in [0, 0.1) is 0 Å². The zero-order valence-electron chi connectivity index (χ0n) is 10.5. The van der Waals surface area contributed by atoms with Crippen LogP contribution in [0.4, 0.5) is 9.59 Å². The van der Waals surface area contributed by atoms with Crippen LogP contribution in [-0.2, 0) is 14.3 Å². The normalized spacial score (nSPS) is 11.1. The van der Waals surface area contributed by atoms with E-state index in [1.165, 1.54) is 13.8 Å². The highest BCUT2D eigenvalue weighted by Crippen LogP contribution is 2.02. The number of ether oxygens (including phenoxy) is 1. The molecule has 0 aromatic carbocycles. The minimum absolute atomic E-state index is 0.0390. The van der Waals surface area contributed by atoms with Crippen molar-refractivity contribution in [3.8, 4) is 0 Å². The van der Waals surface area contributed by atoms with Crippen LogP contribution in [-0.4, -0.2) is 42.3 Å². The van der Waals surface area contributed by atoms with Crippen molar-refractivity contribution in [3.05, 3.63) is 11.1 Å². The molecule has 0 aromatic rings. The highest BCUT2D eigenvalue weighted by Gasteiger charge is 2.14. The van der Waals surface area contributed by atoms with E-state index >= 15 is 0 Å². The molecule has 5 N–H and O–H groups in total. The lowest BCUT2D eigenvalue weighted by Gasteiger charge is -2.07. The highest BCUT2D eigenvalue weighted by atomic mass is 16.5. The van der Waals surface area contributed by atoms with E-state index < -0.39 is 24.0 Å². The van der Waals surface area contributed by atoms with Crippen LogP contribution in [0.1, 0.15) is 13.8 Å². The van der Waals surface area contributed by atoms with E-state index in [0.717, 1.165) is 0 Å².